The number of hydrogen-bond donors (Lipinski definition) is 1. The van der Waals surface area contributed by atoms with Gasteiger partial charge < -0.3 is 10.1 Å². The number of hydrogen-bond acceptors (Lipinski definition) is 3. The van der Waals surface area contributed by atoms with Gasteiger partial charge in [0.05, 0.1) is 12.6 Å². The lowest BCUT2D eigenvalue weighted by Crippen LogP contribution is -2.16. The highest BCUT2D eigenvalue weighted by Gasteiger charge is 2.18. The third kappa shape index (κ3) is 5.25. The fourth-order valence-corrected chi connectivity index (χ4v) is 3.85. The zero-order valence-corrected chi connectivity index (χ0v) is 18.1. The minimum atomic E-state index is -0.201. The molecule has 1 unspecified atom stereocenters. The van der Waals surface area contributed by atoms with Gasteiger partial charge in [0.25, 0.3) is 0 Å². The van der Waals surface area contributed by atoms with Crippen LogP contribution >= 0.6 is 11.6 Å². The minimum absolute atomic E-state index is 0.0826. The normalized spacial score (nSPS) is 11.8. The van der Waals surface area contributed by atoms with Crippen LogP contribution in [-0.4, -0.2) is 12.4 Å². The molecule has 4 aromatic rings. The van der Waals surface area contributed by atoms with E-state index in [0.717, 1.165) is 27.8 Å². The van der Waals surface area contributed by atoms with Crippen LogP contribution in [0.1, 0.15) is 35.3 Å². The number of carbonyl (C=O) groups excluding carboxylic acids is 1. The third-order valence-electron chi connectivity index (χ3n) is 5.22. The van der Waals surface area contributed by atoms with Gasteiger partial charge in [0, 0.05) is 22.7 Å². The molecule has 0 amide bonds. The summed E-state index contributed by atoms with van der Waals surface area (Å²) in [5, 5.41) is 6.32. The number of ether oxygens (including phenoxy) is 1. The maximum atomic E-state index is 13.2. The van der Waals surface area contributed by atoms with Crippen molar-refractivity contribution in [3.8, 4) is 5.75 Å². The van der Waals surface area contributed by atoms with Gasteiger partial charge in [0.2, 0.25) is 0 Å². The third-order valence-corrected chi connectivity index (χ3v) is 5.46. The average molecular weight is 430 g/mol. The standard InChI is InChI=1S/C27H24ClNO2/c1-2-31-25-14-12-20(13-15-25)26(29-24-9-5-8-23(28)17-24)18-27(30)22-11-10-19-6-3-4-7-21(19)16-22/h3-17,26,29H,2,18H2,1H3. The van der Waals surface area contributed by atoms with Gasteiger partial charge in [-0.2, -0.15) is 0 Å². The summed E-state index contributed by atoms with van der Waals surface area (Å²) in [4.78, 5) is 13.2. The monoisotopic (exact) mass is 429 g/mol. The molecule has 156 valence electrons. The predicted octanol–water partition coefficient (Wildman–Crippen LogP) is 7.32. The summed E-state index contributed by atoms with van der Waals surface area (Å²) in [6.45, 7) is 2.57. The van der Waals surface area contributed by atoms with Gasteiger partial charge in [-0.1, -0.05) is 66.2 Å². The van der Waals surface area contributed by atoms with Crippen LogP contribution in [0.25, 0.3) is 10.8 Å². The second kappa shape index (κ2) is 9.67. The number of Topliss-reactive ketones (excluding diaryl/α,β-unsaturated/α-hetero) is 1. The fourth-order valence-electron chi connectivity index (χ4n) is 3.66. The van der Waals surface area contributed by atoms with Crippen LogP contribution in [0.4, 0.5) is 5.69 Å². The smallest absolute Gasteiger partial charge is 0.165 e. The predicted molar refractivity (Wildman–Crippen MR) is 128 cm³/mol. The van der Waals surface area contributed by atoms with Crippen molar-refractivity contribution < 1.29 is 9.53 Å². The highest BCUT2D eigenvalue weighted by Crippen LogP contribution is 2.28. The maximum absolute atomic E-state index is 13.2. The Bertz CT molecular complexity index is 1190. The molecule has 0 saturated carbocycles. The van der Waals surface area contributed by atoms with Crippen molar-refractivity contribution in [2.45, 2.75) is 19.4 Å². The molecule has 1 atom stereocenters. The molecule has 0 aliphatic heterocycles. The van der Waals surface area contributed by atoms with Crippen LogP contribution < -0.4 is 10.1 Å². The Labute approximate surface area is 187 Å². The quantitative estimate of drug-likeness (QED) is 0.298. The largest absolute Gasteiger partial charge is 0.494 e. The first kappa shape index (κ1) is 21.0. The molecule has 0 spiro atoms. The van der Waals surface area contributed by atoms with E-state index in [1.165, 1.54) is 0 Å². The first-order valence-electron chi connectivity index (χ1n) is 10.4. The highest BCUT2D eigenvalue weighted by atomic mass is 35.5. The molecule has 4 heteroatoms. The second-order valence-corrected chi connectivity index (χ2v) is 7.83. The van der Waals surface area contributed by atoms with Crippen LogP contribution in [0.2, 0.25) is 5.02 Å². The van der Waals surface area contributed by atoms with Gasteiger partial charge in [0.1, 0.15) is 5.75 Å². The molecule has 31 heavy (non-hydrogen) atoms. The van der Waals surface area contributed by atoms with Crippen molar-refractivity contribution in [1.29, 1.82) is 0 Å². The molecule has 0 aliphatic carbocycles. The molecule has 0 radical (unpaired) electrons. The van der Waals surface area contributed by atoms with E-state index in [4.69, 9.17) is 16.3 Å². The minimum Gasteiger partial charge on any atom is -0.494 e. The molecule has 0 aromatic heterocycles. The van der Waals surface area contributed by atoms with Crippen molar-refractivity contribution in [2.75, 3.05) is 11.9 Å². The van der Waals surface area contributed by atoms with E-state index >= 15 is 0 Å². The summed E-state index contributed by atoms with van der Waals surface area (Å²) in [5.41, 5.74) is 2.60. The number of anilines is 1. The van der Waals surface area contributed by atoms with Gasteiger partial charge in [-0.15, -0.1) is 0 Å². The van der Waals surface area contributed by atoms with E-state index in [1.807, 2.05) is 97.9 Å². The fraction of sp³-hybridized carbons (Fsp3) is 0.148. The SMILES string of the molecule is CCOc1ccc(C(CC(=O)c2ccc3ccccc3c2)Nc2cccc(Cl)c2)cc1. The number of fused-ring (bicyclic) bond motifs is 1. The van der Waals surface area contributed by atoms with Gasteiger partial charge in [-0.05, 0) is 59.7 Å². The Morgan fingerprint density at radius 2 is 1.68 bits per heavy atom. The number of carbonyl (C=O) groups is 1. The van der Waals surface area contributed by atoms with E-state index in [1.54, 1.807) is 0 Å². The van der Waals surface area contributed by atoms with Crippen LogP contribution in [0.3, 0.4) is 0 Å². The van der Waals surface area contributed by atoms with Crippen molar-refractivity contribution in [2.24, 2.45) is 0 Å². The molecule has 0 heterocycles. The van der Waals surface area contributed by atoms with E-state index < -0.39 is 0 Å². The zero-order chi connectivity index (χ0) is 21.6. The second-order valence-electron chi connectivity index (χ2n) is 7.40. The molecule has 0 fully saturated rings. The van der Waals surface area contributed by atoms with E-state index in [2.05, 4.69) is 5.32 Å². The summed E-state index contributed by atoms with van der Waals surface area (Å²) in [6.07, 6.45) is 0.318. The Morgan fingerprint density at radius 1 is 0.903 bits per heavy atom. The lowest BCUT2D eigenvalue weighted by molar-refractivity contribution is 0.0976. The summed E-state index contributed by atoms with van der Waals surface area (Å²) < 4.78 is 5.56. The van der Waals surface area contributed by atoms with Crippen LogP contribution in [0, 0.1) is 0 Å². The molecule has 4 aromatic carbocycles. The molecular formula is C27H24ClNO2. The number of nitrogens with one attached hydrogen (secondary N) is 1. The molecule has 0 saturated heterocycles. The van der Waals surface area contributed by atoms with Crippen LogP contribution in [0.5, 0.6) is 5.75 Å². The van der Waals surface area contributed by atoms with Crippen molar-refractivity contribution in [3.63, 3.8) is 0 Å². The van der Waals surface area contributed by atoms with Crippen LogP contribution in [-0.2, 0) is 0 Å². The lowest BCUT2D eigenvalue weighted by atomic mass is 9.96. The van der Waals surface area contributed by atoms with Crippen molar-refractivity contribution in [3.05, 3.63) is 107 Å². The maximum Gasteiger partial charge on any atom is 0.165 e. The summed E-state index contributed by atoms with van der Waals surface area (Å²) >= 11 is 6.16. The summed E-state index contributed by atoms with van der Waals surface area (Å²) in [5.74, 6) is 0.896. The van der Waals surface area contributed by atoms with E-state index in [9.17, 15) is 4.79 Å². The first-order valence-corrected chi connectivity index (χ1v) is 10.8. The number of rotatable bonds is 8. The van der Waals surface area contributed by atoms with Gasteiger partial charge in [-0.3, -0.25) is 4.79 Å². The molecule has 3 nitrogen and oxygen atoms in total. The molecule has 0 bridgehead atoms. The first-order chi connectivity index (χ1) is 15.1. The molecule has 4 rings (SSSR count). The number of ketones is 1. The topological polar surface area (TPSA) is 38.3 Å². The molecule has 0 aliphatic rings. The Hall–Kier alpha value is -3.30. The highest BCUT2D eigenvalue weighted by molar-refractivity contribution is 6.30. The Kier molecular flexibility index (Phi) is 6.54. The van der Waals surface area contributed by atoms with Crippen molar-refractivity contribution >= 4 is 33.8 Å². The van der Waals surface area contributed by atoms with Crippen molar-refractivity contribution in [1.82, 2.24) is 0 Å². The van der Waals surface area contributed by atoms with Gasteiger partial charge in [0.15, 0.2) is 5.78 Å². The Balaban J connectivity index is 1.61. The molecular weight excluding hydrogens is 406 g/mol. The van der Waals surface area contributed by atoms with E-state index in [0.29, 0.717) is 23.6 Å². The average Bonchev–Trinajstić information content (AvgIpc) is 2.79. The van der Waals surface area contributed by atoms with Gasteiger partial charge >= 0.3 is 0 Å². The lowest BCUT2D eigenvalue weighted by Gasteiger charge is -2.21. The number of halogens is 1. The Morgan fingerprint density at radius 3 is 2.42 bits per heavy atom. The molecule has 1 N–H and O–H groups in total. The van der Waals surface area contributed by atoms with Gasteiger partial charge in [-0.25, -0.2) is 0 Å². The van der Waals surface area contributed by atoms with E-state index in [-0.39, 0.29) is 11.8 Å². The summed E-state index contributed by atoms with van der Waals surface area (Å²) in [7, 11) is 0. The number of benzene rings is 4. The van der Waals surface area contributed by atoms with Crippen LogP contribution in [0.15, 0.2) is 91.0 Å². The summed E-state index contributed by atoms with van der Waals surface area (Å²) in [6, 6.07) is 29.1. The zero-order valence-electron chi connectivity index (χ0n) is 17.3.